The van der Waals surface area contributed by atoms with Crippen molar-refractivity contribution in [2.24, 2.45) is 0 Å². The van der Waals surface area contributed by atoms with Gasteiger partial charge < -0.3 is 5.11 Å². The first-order valence-corrected chi connectivity index (χ1v) is 5.35. The molecule has 1 aliphatic heterocycles. The van der Waals surface area contributed by atoms with E-state index in [9.17, 15) is 14.8 Å². The number of phenols is 1. The zero-order valence-electron chi connectivity index (χ0n) is 9.75. The average molecular weight is 234 g/mol. The van der Waals surface area contributed by atoms with E-state index in [4.69, 9.17) is 0 Å². The molecule has 0 aliphatic carbocycles. The Kier molecular flexibility index (Phi) is 2.61. The zero-order valence-corrected chi connectivity index (χ0v) is 9.75. The van der Waals surface area contributed by atoms with Crippen LogP contribution in [0.5, 0.6) is 5.75 Å². The molecule has 1 saturated heterocycles. The highest BCUT2D eigenvalue weighted by Crippen LogP contribution is 2.35. The number of hydrogen-bond donors (Lipinski definition) is 1. The van der Waals surface area contributed by atoms with Gasteiger partial charge in [-0.1, -0.05) is 0 Å². The Bertz CT molecular complexity index is 453. The van der Waals surface area contributed by atoms with E-state index in [1.54, 1.807) is 12.1 Å². The normalized spacial score (nSPS) is 22.8. The van der Waals surface area contributed by atoms with Crippen LogP contribution in [0.2, 0.25) is 0 Å². The number of amides is 1. The molecule has 1 amide bonds. The maximum Gasteiger partial charge on any atom is 0.318 e. The topological polar surface area (TPSA) is 60.6 Å². The van der Waals surface area contributed by atoms with E-state index in [2.05, 4.69) is 0 Å². The van der Waals surface area contributed by atoms with Crippen LogP contribution < -0.4 is 0 Å². The first-order chi connectivity index (χ1) is 7.95. The van der Waals surface area contributed by atoms with Gasteiger partial charge in [-0.15, -0.1) is 0 Å². The summed E-state index contributed by atoms with van der Waals surface area (Å²) < 4.78 is 0.858. The van der Waals surface area contributed by atoms with Crippen LogP contribution >= 0.6 is 0 Å². The third-order valence-corrected chi connectivity index (χ3v) is 3.00. The van der Waals surface area contributed by atoms with Crippen LogP contribution in [0.4, 0.5) is 0 Å². The zero-order chi connectivity index (χ0) is 12.6. The van der Waals surface area contributed by atoms with Crippen LogP contribution in [0.25, 0.3) is 0 Å². The minimum Gasteiger partial charge on any atom is -0.508 e. The number of nitroso groups, excluding NO2 is 1. The summed E-state index contributed by atoms with van der Waals surface area (Å²) in [6, 6.07) is 6.27. The van der Waals surface area contributed by atoms with E-state index in [1.165, 1.54) is 17.0 Å². The van der Waals surface area contributed by atoms with Gasteiger partial charge in [0.25, 0.3) is 0 Å². The van der Waals surface area contributed by atoms with Gasteiger partial charge in [-0.3, -0.25) is 9.69 Å². The number of carbonyl (C=O) groups excluding carboxylic acids is 1. The van der Waals surface area contributed by atoms with Crippen molar-refractivity contribution in [3.05, 3.63) is 34.7 Å². The largest absolute Gasteiger partial charge is 0.508 e. The molecule has 0 spiro atoms. The molecule has 5 heteroatoms. The van der Waals surface area contributed by atoms with E-state index in [1.807, 2.05) is 20.3 Å². The van der Waals surface area contributed by atoms with E-state index in [0.29, 0.717) is 5.56 Å². The highest BCUT2D eigenvalue weighted by atomic mass is 16.3. The summed E-state index contributed by atoms with van der Waals surface area (Å²) >= 11 is 0. The van der Waals surface area contributed by atoms with Crippen LogP contribution in [0, 0.1) is 4.91 Å². The third kappa shape index (κ3) is 1.88. The van der Waals surface area contributed by atoms with E-state index in [-0.39, 0.29) is 12.3 Å². The molecular formula is C12H14N2O3+. The average Bonchev–Trinajstić information content (AvgIpc) is 2.48. The van der Waals surface area contributed by atoms with Crippen molar-refractivity contribution in [3.8, 4) is 5.75 Å². The smallest absolute Gasteiger partial charge is 0.318 e. The summed E-state index contributed by atoms with van der Waals surface area (Å²) in [5, 5.41) is 9.21. The van der Waals surface area contributed by atoms with E-state index in [0.717, 1.165) is 4.76 Å². The quantitative estimate of drug-likeness (QED) is 0.785. The van der Waals surface area contributed by atoms with Crippen molar-refractivity contribution in [2.75, 3.05) is 6.54 Å². The predicted octanol–water partition coefficient (Wildman–Crippen LogP) is 1.33. The Morgan fingerprint density at radius 2 is 2.00 bits per heavy atom. The van der Waals surface area contributed by atoms with Gasteiger partial charge in [0.15, 0.2) is 0 Å². The molecule has 1 aromatic carbocycles. The highest BCUT2D eigenvalue weighted by Gasteiger charge is 2.52. The molecule has 1 aromatic rings. The monoisotopic (exact) mass is 234 g/mol. The molecule has 1 unspecified atom stereocenters. The standard InChI is InChI=1S/C12H13N2O3/c1-12(2)7-14(17)11(13(12)8-15)9-3-5-10(16)6-4-9/h3-6,11H,7H2,1-2H3/p+1. The maximum atomic E-state index is 11.9. The molecule has 0 bridgehead atoms. The van der Waals surface area contributed by atoms with Gasteiger partial charge in [0.05, 0.1) is 0 Å². The number of aromatic hydroxyl groups is 1. The Labute approximate surface area is 99.2 Å². The lowest BCUT2D eigenvalue weighted by atomic mass is 10.1. The molecule has 1 N–H and O–H groups in total. The Balaban J connectivity index is 2.40. The predicted molar refractivity (Wildman–Crippen MR) is 61.0 cm³/mol. The SMILES string of the molecule is CC1(C)C[N+](=O)C(c2ccc(O)cc2)N1[C]=O. The van der Waals surface area contributed by atoms with Gasteiger partial charge in [0.2, 0.25) is 6.54 Å². The Morgan fingerprint density at radius 1 is 1.41 bits per heavy atom. The van der Waals surface area contributed by atoms with Crippen molar-refractivity contribution in [2.45, 2.75) is 25.6 Å². The van der Waals surface area contributed by atoms with Crippen LogP contribution in [0.1, 0.15) is 25.6 Å². The lowest BCUT2D eigenvalue weighted by Crippen LogP contribution is -2.40. The second kappa shape index (κ2) is 3.84. The summed E-state index contributed by atoms with van der Waals surface area (Å²) in [5.74, 6) is 0.130. The summed E-state index contributed by atoms with van der Waals surface area (Å²) in [6.07, 6.45) is 1.16. The molecule has 0 saturated carbocycles. The fraction of sp³-hybridized carbons (Fsp3) is 0.417. The minimum absolute atomic E-state index is 0.130. The number of rotatable bonds is 2. The molecule has 2 rings (SSSR count). The lowest BCUT2D eigenvalue weighted by Gasteiger charge is -2.23. The Morgan fingerprint density at radius 3 is 2.53 bits per heavy atom. The van der Waals surface area contributed by atoms with Crippen LogP contribution in [0.3, 0.4) is 0 Å². The summed E-state index contributed by atoms with van der Waals surface area (Å²) in [7, 11) is 0. The summed E-state index contributed by atoms with van der Waals surface area (Å²) in [5.41, 5.74) is 0.137. The second-order valence-electron chi connectivity index (χ2n) is 4.81. The van der Waals surface area contributed by atoms with Crippen LogP contribution in [-0.2, 0) is 4.79 Å². The second-order valence-corrected chi connectivity index (χ2v) is 4.81. The fourth-order valence-corrected chi connectivity index (χ4v) is 2.14. The van der Waals surface area contributed by atoms with Gasteiger partial charge >= 0.3 is 12.6 Å². The number of benzene rings is 1. The molecule has 17 heavy (non-hydrogen) atoms. The van der Waals surface area contributed by atoms with Gasteiger partial charge in [0.1, 0.15) is 11.3 Å². The summed E-state index contributed by atoms with van der Waals surface area (Å²) in [4.78, 5) is 24.3. The molecule has 89 valence electrons. The van der Waals surface area contributed by atoms with Crippen molar-refractivity contribution in [1.82, 2.24) is 4.90 Å². The first-order valence-electron chi connectivity index (χ1n) is 5.35. The summed E-state index contributed by atoms with van der Waals surface area (Å²) in [6.45, 7) is 3.89. The molecular weight excluding hydrogens is 220 g/mol. The molecule has 0 aromatic heterocycles. The van der Waals surface area contributed by atoms with Gasteiger partial charge in [-0.05, 0) is 38.1 Å². The third-order valence-electron chi connectivity index (χ3n) is 3.00. The van der Waals surface area contributed by atoms with Gasteiger partial charge in [-0.25, -0.2) is 0 Å². The highest BCUT2D eigenvalue weighted by molar-refractivity contribution is 5.51. The van der Waals surface area contributed by atoms with Crippen LogP contribution in [0.15, 0.2) is 24.3 Å². The van der Waals surface area contributed by atoms with Crippen molar-refractivity contribution in [3.63, 3.8) is 0 Å². The fourth-order valence-electron chi connectivity index (χ4n) is 2.14. The molecule has 1 radical (unpaired) electrons. The van der Waals surface area contributed by atoms with E-state index >= 15 is 0 Å². The Hall–Kier alpha value is -1.91. The van der Waals surface area contributed by atoms with Crippen molar-refractivity contribution >= 4 is 6.41 Å². The van der Waals surface area contributed by atoms with Crippen molar-refractivity contribution in [1.29, 1.82) is 0 Å². The number of phenolic OH excluding ortho intramolecular Hbond substituents is 1. The molecule has 1 aliphatic rings. The number of hydrogen-bond acceptors (Lipinski definition) is 3. The molecule has 5 nitrogen and oxygen atoms in total. The molecule has 1 fully saturated rings. The van der Waals surface area contributed by atoms with Gasteiger partial charge in [0, 0.05) is 15.2 Å². The van der Waals surface area contributed by atoms with E-state index < -0.39 is 11.7 Å². The van der Waals surface area contributed by atoms with Crippen LogP contribution in [-0.4, -0.2) is 33.3 Å². The van der Waals surface area contributed by atoms with Gasteiger partial charge in [-0.2, -0.15) is 0 Å². The number of nitrogens with zero attached hydrogens (tertiary/aromatic N) is 2. The molecule has 1 heterocycles. The molecule has 1 atom stereocenters. The van der Waals surface area contributed by atoms with Crippen molar-refractivity contribution < 1.29 is 14.7 Å². The maximum absolute atomic E-state index is 11.9. The first kappa shape index (κ1) is 11.6. The minimum atomic E-state index is -0.664. The lowest BCUT2D eigenvalue weighted by molar-refractivity contribution is -0.581.